The second kappa shape index (κ2) is 5.82. The molecule has 0 spiro atoms. The zero-order valence-corrected chi connectivity index (χ0v) is 9.84. The highest BCUT2D eigenvalue weighted by Crippen LogP contribution is 2.18. The van der Waals surface area contributed by atoms with Gasteiger partial charge in [-0.1, -0.05) is 6.92 Å². The van der Waals surface area contributed by atoms with Crippen LogP contribution in [0, 0.1) is 0 Å². The van der Waals surface area contributed by atoms with E-state index >= 15 is 0 Å². The van der Waals surface area contributed by atoms with E-state index in [1.807, 2.05) is 12.3 Å². The van der Waals surface area contributed by atoms with Crippen LogP contribution in [0.15, 0.2) is 5.38 Å². The number of carbonyl (C=O) groups is 1. The quantitative estimate of drug-likeness (QED) is 0.778. The van der Waals surface area contributed by atoms with Crippen molar-refractivity contribution in [3.63, 3.8) is 0 Å². The molecule has 2 N–H and O–H groups in total. The van der Waals surface area contributed by atoms with Crippen LogP contribution in [0.1, 0.15) is 37.0 Å². The van der Waals surface area contributed by atoms with Gasteiger partial charge in [-0.3, -0.25) is 4.79 Å². The second-order valence-corrected chi connectivity index (χ2v) is 4.06. The summed E-state index contributed by atoms with van der Waals surface area (Å²) in [5, 5.41) is 2.75. The van der Waals surface area contributed by atoms with Crippen molar-refractivity contribution in [2.24, 2.45) is 5.73 Å². The van der Waals surface area contributed by atoms with Gasteiger partial charge >= 0.3 is 5.97 Å². The molecular weight excluding hydrogens is 212 g/mol. The van der Waals surface area contributed by atoms with Crippen LogP contribution in [0.4, 0.5) is 0 Å². The van der Waals surface area contributed by atoms with Crippen molar-refractivity contribution in [2.75, 3.05) is 6.61 Å². The van der Waals surface area contributed by atoms with Crippen LogP contribution < -0.4 is 5.73 Å². The molecule has 84 valence electrons. The molecule has 1 unspecified atom stereocenters. The van der Waals surface area contributed by atoms with Gasteiger partial charge in [0.1, 0.15) is 5.01 Å². The van der Waals surface area contributed by atoms with E-state index < -0.39 is 0 Å². The average Bonchev–Trinajstić information content (AvgIpc) is 2.65. The first kappa shape index (κ1) is 12.1. The molecule has 1 heterocycles. The highest BCUT2D eigenvalue weighted by atomic mass is 32.1. The standard InChI is InChI=1S/C10H16N2O2S/c1-3-8(11)10-12-7(6-15-10)5-9(13)14-4-2/h6,8H,3-5,11H2,1-2H3. The van der Waals surface area contributed by atoms with Crippen molar-refractivity contribution < 1.29 is 9.53 Å². The van der Waals surface area contributed by atoms with Crippen LogP contribution in [0.5, 0.6) is 0 Å². The van der Waals surface area contributed by atoms with Crippen molar-refractivity contribution in [1.82, 2.24) is 4.98 Å². The van der Waals surface area contributed by atoms with E-state index in [0.29, 0.717) is 6.61 Å². The zero-order valence-electron chi connectivity index (χ0n) is 9.03. The largest absolute Gasteiger partial charge is 0.466 e. The molecule has 0 bridgehead atoms. The van der Waals surface area contributed by atoms with Crippen molar-refractivity contribution in [2.45, 2.75) is 32.7 Å². The van der Waals surface area contributed by atoms with Gasteiger partial charge < -0.3 is 10.5 Å². The maximum absolute atomic E-state index is 11.2. The molecule has 0 aliphatic carbocycles. The molecule has 4 nitrogen and oxygen atoms in total. The SMILES string of the molecule is CCOC(=O)Cc1csc(C(N)CC)n1. The summed E-state index contributed by atoms with van der Waals surface area (Å²) < 4.78 is 4.84. The van der Waals surface area contributed by atoms with E-state index in [1.165, 1.54) is 11.3 Å². The van der Waals surface area contributed by atoms with Crippen LogP contribution in [0.2, 0.25) is 0 Å². The predicted octanol–water partition coefficient (Wildman–Crippen LogP) is 1.66. The molecule has 15 heavy (non-hydrogen) atoms. The minimum absolute atomic E-state index is 0.0223. The maximum Gasteiger partial charge on any atom is 0.311 e. The molecule has 0 saturated heterocycles. The van der Waals surface area contributed by atoms with Gasteiger partial charge in [-0.05, 0) is 13.3 Å². The Labute approximate surface area is 93.5 Å². The Kier molecular flexibility index (Phi) is 4.71. The monoisotopic (exact) mass is 228 g/mol. The summed E-state index contributed by atoms with van der Waals surface area (Å²) in [6, 6.07) is -0.0223. The third-order valence-electron chi connectivity index (χ3n) is 1.96. The highest BCUT2D eigenvalue weighted by molar-refractivity contribution is 7.09. The van der Waals surface area contributed by atoms with E-state index in [1.54, 1.807) is 6.92 Å². The van der Waals surface area contributed by atoms with E-state index in [9.17, 15) is 4.79 Å². The molecular formula is C10H16N2O2S. The zero-order chi connectivity index (χ0) is 11.3. The summed E-state index contributed by atoms with van der Waals surface area (Å²) in [5.74, 6) is -0.237. The minimum atomic E-state index is -0.237. The molecule has 0 amide bonds. The summed E-state index contributed by atoms with van der Waals surface area (Å²) in [6.45, 7) is 4.21. The van der Waals surface area contributed by atoms with Crippen molar-refractivity contribution in [3.8, 4) is 0 Å². The number of nitrogens with zero attached hydrogens (tertiary/aromatic N) is 1. The lowest BCUT2D eigenvalue weighted by molar-refractivity contribution is -0.142. The fourth-order valence-electron chi connectivity index (χ4n) is 1.11. The molecule has 0 fully saturated rings. The summed E-state index contributed by atoms with van der Waals surface area (Å²) in [6.07, 6.45) is 1.09. The maximum atomic E-state index is 11.2. The lowest BCUT2D eigenvalue weighted by Gasteiger charge is -2.02. The molecule has 0 aromatic carbocycles. The van der Waals surface area contributed by atoms with Crippen LogP contribution in [0.3, 0.4) is 0 Å². The molecule has 1 aromatic rings. The number of rotatable bonds is 5. The Morgan fingerprint density at radius 3 is 3.00 bits per heavy atom. The van der Waals surface area contributed by atoms with Gasteiger partial charge in [0, 0.05) is 5.38 Å². The minimum Gasteiger partial charge on any atom is -0.466 e. The molecule has 0 radical (unpaired) electrons. The van der Waals surface area contributed by atoms with Crippen molar-refractivity contribution in [1.29, 1.82) is 0 Å². The number of nitrogens with two attached hydrogens (primary N) is 1. The molecule has 1 atom stereocenters. The van der Waals surface area contributed by atoms with Gasteiger partial charge in [0.2, 0.25) is 0 Å². The first-order chi connectivity index (χ1) is 7.17. The average molecular weight is 228 g/mol. The van der Waals surface area contributed by atoms with Gasteiger partial charge in [0.25, 0.3) is 0 Å². The molecule has 0 aliphatic rings. The number of hydrogen-bond acceptors (Lipinski definition) is 5. The number of aromatic nitrogens is 1. The normalized spacial score (nSPS) is 12.5. The first-order valence-corrected chi connectivity index (χ1v) is 5.90. The number of hydrogen-bond donors (Lipinski definition) is 1. The summed E-state index contributed by atoms with van der Waals surface area (Å²) in [4.78, 5) is 15.5. The Morgan fingerprint density at radius 2 is 2.40 bits per heavy atom. The Hall–Kier alpha value is -0.940. The van der Waals surface area contributed by atoms with Gasteiger partial charge in [-0.25, -0.2) is 4.98 Å². The fourth-order valence-corrected chi connectivity index (χ4v) is 2.01. The Bertz CT molecular complexity index is 325. The van der Waals surface area contributed by atoms with Crippen molar-refractivity contribution >= 4 is 17.3 Å². The van der Waals surface area contributed by atoms with Crippen molar-refractivity contribution in [3.05, 3.63) is 16.1 Å². The van der Waals surface area contributed by atoms with Crippen LogP contribution in [-0.2, 0) is 16.0 Å². The topological polar surface area (TPSA) is 65.2 Å². The van der Waals surface area contributed by atoms with Gasteiger partial charge in [-0.15, -0.1) is 11.3 Å². The third kappa shape index (κ3) is 3.60. The lowest BCUT2D eigenvalue weighted by Crippen LogP contribution is -2.10. The Balaban J connectivity index is 2.56. The summed E-state index contributed by atoms with van der Waals surface area (Å²) >= 11 is 1.50. The van der Waals surface area contributed by atoms with Crippen LogP contribution >= 0.6 is 11.3 Å². The number of esters is 1. The number of carbonyl (C=O) groups excluding carboxylic acids is 1. The molecule has 1 aromatic heterocycles. The smallest absolute Gasteiger partial charge is 0.311 e. The highest BCUT2D eigenvalue weighted by Gasteiger charge is 2.11. The Morgan fingerprint density at radius 1 is 1.67 bits per heavy atom. The molecule has 1 rings (SSSR count). The fraction of sp³-hybridized carbons (Fsp3) is 0.600. The van der Waals surface area contributed by atoms with E-state index in [4.69, 9.17) is 10.5 Å². The molecule has 0 aliphatic heterocycles. The summed E-state index contributed by atoms with van der Waals surface area (Å²) in [5.41, 5.74) is 6.58. The predicted molar refractivity (Wildman–Crippen MR) is 59.7 cm³/mol. The first-order valence-electron chi connectivity index (χ1n) is 5.02. The lowest BCUT2D eigenvalue weighted by atomic mass is 10.2. The van der Waals surface area contributed by atoms with Gasteiger partial charge in [0.05, 0.1) is 24.8 Å². The molecule has 5 heteroatoms. The van der Waals surface area contributed by atoms with E-state index in [0.717, 1.165) is 17.1 Å². The number of thiazole rings is 1. The third-order valence-corrected chi connectivity index (χ3v) is 2.98. The summed E-state index contributed by atoms with van der Waals surface area (Å²) in [7, 11) is 0. The van der Waals surface area contributed by atoms with Crippen LogP contribution in [-0.4, -0.2) is 17.6 Å². The van der Waals surface area contributed by atoms with Gasteiger partial charge in [0.15, 0.2) is 0 Å². The van der Waals surface area contributed by atoms with Gasteiger partial charge in [-0.2, -0.15) is 0 Å². The second-order valence-electron chi connectivity index (χ2n) is 3.17. The molecule has 0 saturated carbocycles. The van der Waals surface area contributed by atoms with E-state index in [-0.39, 0.29) is 18.4 Å². The number of ether oxygens (including phenoxy) is 1. The van der Waals surface area contributed by atoms with Crippen LogP contribution in [0.25, 0.3) is 0 Å². The van der Waals surface area contributed by atoms with E-state index in [2.05, 4.69) is 4.98 Å².